The van der Waals surface area contributed by atoms with Gasteiger partial charge < -0.3 is 25.8 Å². The van der Waals surface area contributed by atoms with E-state index in [1.807, 2.05) is 63.2 Å². The normalized spacial score (nSPS) is 20.9. The van der Waals surface area contributed by atoms with Crippen molar-refractivity contribution < 1.29 is 14.4 Å². The first-order valence-electron chi connectivity index (χ1n) is 13.2. The quantitative estimate of drug-likeness (QED) is 0.397. The molecule has 2 aromatic rings. The zero-order valence-electron chi connectivity index (χ0n) is 22.7. The summed E-state index contributed by atoms with van der Waals surface area (Å²) >= 11 is 0. The van der Waals surface area contributed by atoms with E-state index >= 15 is 0 Å². The number of nitrogens with one attached hydrogen (secondary N) is 4. The third kappa shape index (κ3) is 5.91. The van der Waals surface area contributed by atoms with Crippen LogP contribution in [0.2, 0.25) is 0 Å². The van der Waals surface area contributed by atoms with Crippen molar-refractivity contribution >= 4 is 23.7 Å². The summed E-state index contributed by atoms with van der Waals surface area (Å²) in [7, 11) is 3.97. The van der Waals surface area contributed by atoms with Gasteiger partial charge in [-0.2, -0.15) is 5.10 Å². The topological polar surface area (TPSA) is 122 Å². The van der Waals surface area contributed by atoms with Crippen molar-refractivity contribution in [1.82, 2.24) is 30.6 Å². The van der Waals surface area contributed by atoms with Gasteiger partial charge in [-0.1, -0.05) is 36.9 Å². The minimum absolute atomic E-state index is 0.0688. The molecule has 4 N–H and O–H groups in total. The second kappa shape index (κ2) is 11.4. The number of rotatable bonds is 8. The Morgan fingerprint density at radius 1 is 1.18 bits per heavy atom. The number of nitrogens with zero attached hydrogens (tertiary/aromatic N) is 3. The Balaban J connectivity index is 1.41. The molecular weight excluding hydrogens is 482 g/mol. The zero-order valence-corrected chi connectivity index (χ0v) is 22.7. The molecule has 4 amide bonds. The second-order valence-electron chi connectivity index (χ2n) is 11.0. The number of benzene rings is 1. The predicted molar refractivity (Wildman–Crippen MR) is 146 cm³/mol. The first-order valence-corrected chi connectivity index (χ1v) is 13.2. The van der Waals surface area contributed by atoms with Crippen LogP contribution in [0, 0.1) is 5.92 Å². The summed E-state index contributed by atoms with van der Waals surface area (Å²) in [6, 6.07) is 9.67. The van der Waals surface area contributed by atoms with Crippen molar-refractivity contribution in [2.45, 2.75) is 63.7 Å². The Hall–Kier alpha value is -3.66. The third-order valence-electron chi connectivity index (χ3n) is 7.63. The van der Waals surface area contributed by atoms with E-state index in [0.717, 1.165) is 29.7 Å². The van der Waals surface area contributed by atoms with E-state index in [0.29, 0.717) is 31.7 Å². The van der Waals surface area contributed by atoms with E-state index in [9.17, 15) is 14.4 Å². The molecule has 0 unspecified atom stereocenters. The number of amides is 4. The number of likely N-dealkylation sites (N-methyl/N-ethyl adjacent to an activating group) is 1. The van der Waals surface area contributed by atoms with Crippen LogP contribution >= 0.6 is 0 Å². The van der Waals surface area contributed by atoms with Crippen molar-refractivity contribution in [2.75, 3.05) is 26.0 Å². The van der Waals surface area contributed by atoms with Crippen molar-refractivity contribution in [1.29, 1.82) is 0 Å². The van der Waals surface area contributed by atoms with Gasteiger partial charge in [-0.05, 0) is 65.3 Å². The highest BCUT2D eigenvalue weighted by molar-refractivity contribution is 5.93. The van der Waals surface area contributed by atoms with Gasteiger partial charge in [0.1, 0.15) is 0 Å². The smallest absolute Gasteiger partial charge is 0.319 e. The summed E-state index contributed by atoms with van der Waals surface area (Å²) in [4.78, 5) is 42.0. The molecule has 38 heavy (non-hydrogen) atoms. The molecule has 0 spiro atoms. The van der Waals surface area contributed by atoms with E-state index in [1.54, 1.807) is 4.90 Å². The number of carbonyl (C=O) groups excluding carboxylic acids is 3. The molecule has 10 nitrogen and oxygen atoms in total. The molecule has 10 heteroatoms. The fourth-order valence-electron chi connectivity index (χ4n) is 5.44. The molecule has 204 valence electrons. The number of aromatic amines is 1. The summed E-state index contributed by atoms with van der Waals surface area (Å²) < 4.78 is 0. The van der Waals surface area contributed by atoms with Crippen LogP contribution in [0.25, 0.3) is 0 Å². The molecule has 1 aromatic heterocycles. The van der Waals surface area contributed by atoms with Crippen molar-refractivity contribution in [3.8, 4) is 0 Å². The van der Waals surface area contributed by atoms with Gasteiger partial charge in [-0.25, -0.2) is 4.79 Å². The van der Waals surface area contributed by atoms with Crippen molar-refractivity contribution in [2.24, 2.45) is 5.92 Å². The number of hydrogen-bond acceptors (Lipinski definition) is 5. The first kappa shape index (κ1) is 27.4. The lowest BCUT2D eigenvalue weighted by atomic mass is 9.85. The van der Waals surface area contributed by atoms with Gasteiger partial charge in [0.25, 0.3) is 0 Å². The molecule has 0 saturated heterocycles. The molecule has 2 heterocycles. The number of carbonyl (C=O) groups is 3. The van der Waals surface area contributed by atoms with Gasteiger partial charge in [0.15, 0.2) is 5.82 Å². The third-order valence-corrected chi connectivity index (χ3v) is 7.63. The van der Waals surface area contributed by atoms with Crippen LogP contribution in [0.3, 0.4) is 0 Å². The van der Waals surface area contributed by atoms with Gasteiger partial charge >= 0.3 is 6.03 Å². The second-order valence-corrected chi connectivity index (χ2v) is 11.0. The summed E-state index contributed by atoms with van der Waals surface area (Å²) in [5.74, 6) is 0.0655. The lowest BCUT2D eigenvalue weighted by Gasteiger charge is -2.34. The molecule has 0 bridgehead atoms. The lowest BCUT2D eigenvalue weighted by Crippen LogP contribution is -2.48. The van der Waals surface area contributed by atoms with Crippen LogP contribution in [-0.2, 0) is 21.7 Å². The molecule has 1 aliphatic heterocycles. The summed E-state index contributed by atoms with van der Waals surface area (Å²) in [6.45, 7) is 8.44. The van der Waals surface area contributed by atoms with Crippen LogP contribution in [-0.4, -0.2) is 64.5 Å². The maximum Gasteiger partial charge on any atom is 0.319 e. The monoisotopic (exact) mass is 521 g/mol. The summed E-state index contributed by atoms with van der Waals surface area (Å²) in [6.07, 6.45) is 4.13. The van der Waals surface area contributed by atoms with E-state index < -0.39 is 5.54 Å². The van der Waals surface area contributed by atoms with E-state index in [4.69, 9.17) is 0 Å². The highest BCUT2D eigenvalue weighted by Gasteiger charge is 2.44. The Bertz CT molecular complexity index is 1170. The highest BCUT2D eigenvalue weighted by atomic mass is 16.2. The first-order chi connectivity index (χ1) is 18.1. The molecule has 1 aromatic carbocycles. The van der Waals surface area contributed by atoms with Gasteiger partial charge in [0.05, 0.1) is 23.8 Å². The van der Waals surface area contributed by atoms with Crippen LogP contribution in [0.15, 0.2) is 43.0 Å². The SMILES string of the molecule is C=CC(=O)NC1CCC(C(=O)Nc2n[nH]c3c2CN(C(=O)N[C@H](CN(C)C)c2ccccc2)C3(C)C)CC1. The number of hydrogen-bond donors (Lipinski definition) is 4. The fraction of sp³-hybridized carbons (Fsp3) is 0.500. The van der Waals surface area contributed by atoms with E-state index in [1.165, 1.54) is 6.08 Å². The Morgan fingerprint density at radius 3 is 2.50 bits per heavy atom. The number of aromatic nitrogens is 2. The Morgan fingerprint density at radius 2 is 1.87 bits per heavy atom. The summed E-state index contributed by atoms with van der Waals surface area (Å²) in [5, 5.41) is 16.6. The zero-order chi connectivity index (χ0) is 27.4. The molecule has 0 radical (unpaired) electrons. The van der Waals surface area contributed by atoms with Crippen LogP contribution in [0.1, 0.15) is 62.4 Å². The summed E-state index contributed by atoms with van der Waals surface area (Å²) in [5.41, 5.74) is 2.06. The average Bonchev–Trinajstić information content (AvgIpc) is 3.41. The average molecular weight is 522 g/mol. The van der Waals surface area contributed by atoms with Gasteiger partial charge in [-0.3, -0.25) is 14.7 Å². The van der Waals surface area contributed by atoms with Crippen molar-refractivity contribution in [3.05, 3.63) is 59.8 Å². The number of urea groups is 1. The van der Waals surface area contributed by atoms with E-state index in [2.05, 4.69) is 32.7 Å². The number of H-pyrrole nitrogens is 1. The molecule has 2 aliphatic rings. The molecule has 1 atom stereocenters. The molecule has 1 aliphatic carbocycles. The predicted octanol–water partition coefficient (Wildman–Crippen LogP) is 3.27. The minimum Gasteiger partial charge on any atom is -0.350 e. The van der Waals surface area contributed by atoms with Crippen LogP contribution in [0.5, 0.6) is 0 Å². The molecule has 4 rings (SSSR count). The van der Waals surface area contributed by atoms with Gasteiger partial charge in [0.2, 0.25) is 11.8 Å². The minimum atomic E-state index is -0.629. The van der Waals surface area contributed by atoms with Crippen molar-refractivity contribution in [3.63, 3.8) is 0 Å². The maximum absolute atomic E-state index is 13.5. The molecule has 1 saturated carbocycles. The van der Waals surface area contributed by atoms with Crippen LogP contribution < -0.4 is 16.0 Å². The lowest BCUT2D eigenvalue weighted by molar-refractivity contribution is -0.121. The van der Waals surface area contributed by atoms with Gasteiger partial charge in [0, 0.05) is 24.1 Å². The standard InChI is InChI=1S/C28H39N7O3/c1-6-23(36)29-20-14-12-19(13-15-20)26(37)31-25-21-16-35(28(2,3)24(21)32-33-25)27(38)30-22(17-34(4)5)18-10-8-7-9-11-18/h6-11,19-20,22H,1,12-17H2,2-5H3,(H,29,36)(H,30,38)(H2,31,32,33,37)/t19?,20?,22-/m1/s1. The molecule has 1 fully saturated rings. The number of fused-ring (bicyclic) bond motifs is 1. The van der Waals surface area contributed by atoms with Gasteiger partial charge in [-0.15, -0.1) is 0 Å². The Kier molecular flexibility index (Phi) is 8.20. The van der Waals surface area contributed by atoms with Crippen LogP contribution in [0.4, 0.5) is 10.6 Å². The molecular formula is C28H39N7O3. The fourth-order valence-corrected chi connectivity index (χ4v) is 5.44. The Labute approximate surface area is 224 Å². The largest absolute Gasteiger partial charge is 0.350 e. The number of anilines is 1. The highest BCUT2D eigenvalue weighted by Crippen LogP contribution is 2.41. The van der Waals surface area contributed by atoms with E-state index in [-0.39, 0.29) is 35.8 Å². The maximum atomic E-state index is 13.5.